The number of benzene rings is 1. The summed E-state index contributed by atoms with van der Waals surface area (Å²) in [5.74, 6) is 0.932. The van der Waals surface area contributed by atoms with Crippen molar-refractivity contribution in [3.8, 4) is 0 Å². The zero-order chi connectivity index (χ0) is 11.4. The molecule has 16 heavy (non-hydrogen) atoms. The number of hydrogen-bond donors (Lipinski definition) is 0. The largest absolute Gasteiger partial charge is 0.0622 e. The normalized spacial score (nSPS) is 18.6. The molecule has 0 heteroatoms. The van der Waals surface area contributed by atoms with E-state index in [0.717, 1.165) is 5.92 Å². The van der Waals surface area contributed by atoms with Crippen LogP contribution in [0.1, 0.15) is 51.5 Å². The van der Waals surface area contributed by atoms with Gasteiger partial charge in [0.15, 0.2) is 0 Å². The molecule has 0 bridgehead atoms. The average Bonchev–Trinajstić information content (AvgIpc) is 2.31. The van der Waals surface area contributed by atoms with Crippen molar-refractivity contribution in [2.24, 2.45) is 11.3 Å². The molecule has 0 aromatic heterocycles. The molecule has 0 radical (unpaired) electrons. The molecule has 1 aliphatic carbocycles. The molecule has 0 spiro atoms. The lowest BCUT2D eigenvalue weighted by atomic mass is 9.68. The molecular weight excluding hydrogens is 192 g/mol. The SMILES string of the molecule is CC(C)(Cc1ccccc1)C1CCCCC1. The maximum absolute atomic E-state index is 2.45. The third-order valence-corrected chi connectivity index (χ3v) is 4.21. The van der Waals surface area contributed by atoms with E-state index in [-0.39, 0.29) is 0 Å². The highest BCUT2D eigenvalue weighted by Crippen LogP contribution is 2.40. The molecule has 2 rings (SSSR count). The van der Waals surface area contributed by atoms with E-state index < -0.39 is 0 Å². The van der Waals surface area contributed by atoms with Gasteiger partial charge in [0, 0.05) is 0 Å². The smallest absolute Gasteiger partial charge is 0.0225 e. The molecule has 0 atom stereocenters. The number of hydrogen-bond acceptors (Lipinski definition) is 0. The monoisotopic (exact) mass is 216 g/mol. The van der Waals surface area contributed by atoms with Gasteiger partial charge < -0.3 is 0 Å². The summed E-state index contributed by atoms with van der Waals surface area (Å²) in [6, 6.07) is 11.0. The summed E-state index contributed by atoms with van der Waals surface area (Å²) >= 11 is 0. The van der Waals surface area contributed by atoms with Gasteiger partial charge in [-0.25, -0.2) is 0 Å². The predicted molar refractivity (Wildman–Crippen MR) is 70.5 cm³/mol. The summed E-state index contributed by atoms with van der Waals surface area (Å²) in [5, 5.41) is 0. The van der Waals surface area contributed by atoms with Crippen LogP contribution in [-0.4, -0.2) is 0 Å². The zero-order valence-corrected chi connectivity index (χ0v) is 10.7. The van der Waals surface area contributed by atoms with Gasteiger partial charge in [0.1, 0.15) is 0 Å². The summed E-state index contributed by atoms with van der Waals surface area (Å²) in [6.45, 7) is 4.91. The predicted octanol–water partition coefficient (Wildman–Crippen LogP) is 4.84. The van der Waals surface area contributed by atoms with Gasteiger partial charge in [0.2, 0.25) is 0 Å². The Labute approximate surface area is 100 Å². The first kappa shape index (κ1) is 11.7. The van der Waals surface area contributed by atoms with Crippen LogP contribution < -0.4 is 0 Å². The highest BCUT2D eigenvalue weighted by molar-refractivity contribution is 5.16. The molecule has 1 saturated carbocycles. The standard InChI is InChI=1S/C16H24/c1-16(2,15-11-7-4-8-12-15)13-14-9-5-3-6-10-14/h3,5-6,9-10,15H,4,7-8,11-13H2,1-2H3. The second kappa shape index (κ2) is 5.03. The Morgan fingerprint density at radius 2 is 1.62 bits per heavy atom. The van der Waals surface area contributed by atoms with Crippen molar-refractivity contribution in [2.75, 3.05) is 0 Å². The van der Waals surface area contributed by atoms with Gasteiger partial charge >= 0.3 is 0 Å². The highest BCUT2D eigenvalue weighted by Gasteiger charge is 2.30. The fourth-order valence-electron chi connectivity index (χ4n) is 3.15. The quantitative estimate of drug-likeness (QED) is 0.678. The van der Waals surface area contributed by atoms with Gasteiger partial charge in [-0.05, 0) is 36.2 Å². The summed E-state index contributed by atoms with van der Waals surface area (Å²) in [6.07, 6.45) is 8.47. The van der Waals surface area contributed by atoms with E-state index in [1.165, 1.54) is 44.1 Å². The Hall–Kier alpha value is -0.780. The minimum absolute atomic E-state index is 0.474. The van der Waals surface area contributed by atoms with Gasteiger partial charge in [0.05, 0.1) is 0 Å². The van der Waals surface area contributed by atoms with E-state index in [0.29, 0.717) is 5.41 Å². The first-order chi connectivity index (χ1) is 7.68. The average molecular weight is 216 g/mol. The lowest BCUT2D eigenvalue weighted by Gasteiger charge is -2.37. The number of rotatable bonds is 3. The Bertz CT molecular complexity index is 304. The second-order valence-electron chi connectivity index (χ2n) is 5.99. The topological polar surface area (TPSA) is 0 Å². The van der Waals surface area contributed by atoms with Gasteiger partial charge in [-0.3, -0.25) is 0 Å². The van der Waals surface area contributed by atoms with E-state index in [4.69, 9.17) is 0 Å². The summed E-state index contributed by atoms with van der Waals surface area (Å²) in [4.78, 5) is 0. The van der Waals surface area contributed by atoms with Gasteiger partial charge in [-0.2, -0.15) is 0 Å². The lowest BCUT2D eigenvalue weighted by molar-refractivity contribution is 0.157. The summed E-state index contributed by atoms with van der Waals surface area (Å²) in [7, 11) is 0. The second-order valence-corrected chi connectivity index (χ2v) is 5.99. The van der Waals surface area contributed by atoms with Crippen molar-refractivity contribution >= 4 is 0 Å². The molecule has 0 heterocycles. The molecule has 0 saturated heterocycles. The van der Waals surface area contributed by atoms with Crippen LogP contribution in [0.5, 0.6) is 0 Å². The van der Waals surface area contributed by atoms with E-state index in [1.54, 1.807) is 0 Å². The van der Waals surface area contributed by atoms with Crippen molar-refractivity contribution in [1.82, 2.24) is 0 Å². The van der Waals surface area contributed by atoms with Crippen molar-refractivity contribution < 1.29 is 0 Å². The molecule has 1 aromatic carbocycles. The van der Waals surface area contributed by atoms with E-state index in [2.05, 4.69) is 44.2 Å². The molecule has 1 aliphatic rings. The minimum Gasteiger partial charge on any atom is -0.0622 e. The third-order valence-electron chi connectivity index (χ3n) is 4.21. The van der Waals surface area contributed by atoms with Gasteiger partial charge in [-0.1, -0.05) is 63.4 Å². The Morgan fingerprint density at radius 3 is 2.25 bits per heavy atom. The van der Waals surface area contributed by atoms with E-state index in [1.807, 2.05) is 0 Å². The molecule has 1 aromatic rings. The summed E-state index contributed by atoms with van der Waals surface area (Å²) in [5.41, 5.74) is 1.97. The first-order valence-electron chi connectivity index (χ1n) is 6.72. The molecule has 88 valence electrons. The molecular formula is C16H24. The fourth-order valence-corrected chi connectivity index (χ4v) is 3.15. The van der Waals surface area contributed by atoms with Gasteiger partial charge in [-0.15, -0.1) is 0 Å². The van der Waals surface area contributed by atoms with Crippen LogP contribution in [-0.2, 0) is 6.42 Å². The molecule has 1 fully saturated rings. The zero-order valence-electron chi connectivity index (χ0n) is 10.7. The molecule has 0 unspecified atom stereocenters. The van der Waals surface area contributed by atoms with Crippen LogP contribution in [0, 0.1) is 11.3 Å². The molecule has 0 amide bonds. The third kappa shape index (κ3) is 2.87. The summed E-state index contributed by atoms with van der Waals surface area (Å²) < 4.78 is 0. The van der Waals surface area contributed by atoms with Crippen LogP contribution in [0.2, 0.25) is 0 Å². The molecule has 0 nitrogen and oxygen atoms in total. The van der Waals surface area contributed by atoms with Crippen LogP contribution in [0.15, 0.2) is 30.3 Å². The van der Waals surface area contributed by atoms with Gasteiger partial charge in [0.25, 0.3) is 0 Å². The van der Waals surface area contributed by atoms with Crippen molar-refractivity contribution in [2.45, 2.75) is 52.4 Å². The van der Waals surface area contributed by atoms with E-state index in [9.17, 15) is 0 Å². The van der Waals surface area contributed by atoms with Crippen molar-refractivity contribution in [3.05, 3.63) is 35.9 Å². The van der Waals surface area contributed by atoms with Crippen LogP contribution in [0.25, 0.3) is 0 Å². The Balaban J connectivity index is 2.01. The molecule has 0 N–H and O–H groups in total. The molecule has 0 aliphatic heterocycles. The van der Waals surface area contributed by atoms with Crippen LogP contribution in [0.3, 0.4) is 0 Å². The fraction of sp³-hybridized carbons (Fsp3) is 0.625. The van der Waals surface area contributed by atoms with E-state index >= 15 is 0 Å². The maximum atomic E-state index is 2.45. The van der Waals surface area contributed by atoms with Crippen molar-refractivity contribution in [3.63, 3.8) is 0 Å². The van der Waals surface area contributed by atoms with Crippen LogP contribution >= 0.6 is 0 Å². The maximum Gasteiger partial charge on any atom is -0.0225 e. The highest BCUT2D eigenvalue weighted by atomic mass is 14.3. The Morgan fingerprint density at radius 1 is 1.00 bits per heavy atom. The first-order valence-corrected chi connectivity index (χ1v) is 6.72. The van der Waals surface area contributed by atoms with Crippen LogP contribution in [0.4, 0.5) is 0 Å². The van der Waals surface area contributed by atoms with Crippen molar-refractivity contribution in [1.29, 1.82) is 0 Å². The Kier molecular flexibility index (Phi) is 3.68. The minimum atomic E-state index is 0.474. The lowest BCUT2D eigenvalue weighted by Crippen LogP contribution is -2.28.